The Hall–Kier alpha value is -1.18. The van der Waals surface area contributed by atoms with Gasteiger partial charge in [0.05, 0.1) is 11.7 Å². The SMILES string of the molecule is [N-]=[N+]=NCCC(O)C(O)c1c(Cl)cc(C(F)(F)F)cc1Cl. The molecule has 0 spiro atoms. The van der Waals surface area contributed by atoms with E-state index in [1.807, 2.05) is 0 Å². The number of halogens is 5. The quantitative estimate of drug-likeness (QED) is 0.478. The first kappa shape index (κ1) is 17.9. The lowest BCUT2D eigenvalue weighted by atomic mass is 10.0. The van der Waals surface area contributed by atoms with E-state index in [4.69, 9.17) is 28.7 Å². The van der Waals surface area contributed by atoms with Crippen molar-refractivity contribution >= 4 is 23.2 Å². The molecule has 0 aliphatic carbocycles. The van der Waals surface area contributed by atoms with Crippen LogP contribution in [0.15, 0.2) is 17.2 Å². The van der Waals surface area contributed by atoms with E-state index in [1.54, 1.807) is 0 Å². The van der Waals surface area contributed by atoms with Crippen molar-refractivity contribution in [3.8, 4) is 0 Å². The predicted octanol–water partition coefficient (Wildman–Crippen LogP) is 4.11. The molecule has 5 nitrogen and oxygen atoms in total. The summed E-state index contributed by atoms with van der Waals surface area (Å²) >= 11 is 11.4. The molecule has 2 unspecified atom stereocenters. The van der Waals surface area contributed by atoms with Crippen molar-refractivity contribution in [1.82, 2.24) is 0 Å². The summed E-state index contributed by atoms with van der Waals surface area (Å²) in [5.41, 5.74) is 6.83. The minimum atomic E-state index is -4.63. The van der Waals surface area contributed by atoms with Crippen molar-refractivity contribution < 1.29 is 23.4 Å². The second kappa shape index (κ2) is 7.20. The highest BCUT2D eigenvalue weighted by Gasteiger charge is 2.33. The van der Waals surface area contributed by atoms with Crippen LogP contribution >= 0.6 is 23.2 Å². The molecule has 0 saturated carbocycles. The van der Waals surface area contributed by atoms with E-state index in [0.717, 1.165) is 0 Å². The molecule has 0 bridgehead atoms. The molecule has 2 N–H and O–H groups in total. The molecular weight excluding hydrogens is 334 g/mol. The monoisotopic (exact) mass is 343 g/mol. The molecule has 0 radical (unpaired) electrons. The molecule has 0 amide bonds. The summed E-state index contributed by atoms with van der Waals surface area (Å²) in [5, 5.41) is 22.0. The smallest absolute Gasteiger partial charge is 0.390 e. The Kier molecular flexibility index (Phi) is 6.12. The van der Waals surface area contributed by atoms with Gasteiger partial charge >= 0.3 is 6.18 Å². The molecule has 1 aromatic rings. The summed E-state index contributed by atoms with van der Waals surface area (Å²) in [6, 6.07) is 1.23. The largest absolute Gasteiger partial charge is 0.416 e. The fourth-order valence-electron chi connectivity index (χ4n) is 1.62. The number of alkyl halides is 3. The van der Waals surface area contributed by atoms with Crippen LogP contribution in [-0.2, 0) is 6.18 Å². The third-order valence-electron chi connectivity index (χ3n) is 2.65. The third-order valence-corrected chi connectivity index (χ3v) is 3.28. The topological polar surface area (TPSA) is 89.2 Å². The summed E-state index contributed by atoms with van der Waals surface area (Å²) in [5.74, 6) is 0. The summed E-state index contributed by atoms with van der Waals surface area (Å²) in [6.07, 6.45) is -7.71. The fraction of sp³-hybridized carbons (Fsp3) is 0.455. The van der Waals surface area contributed by atoms with Crippen molar-refractivity contribution in [3.05, 3.63) is 43.7 Å². The number of hydrogen-bond donors (Lipinski definition) is 2. The number of benzene rings is 1. The van der Waals surface area contributed by atoms with E-state index in [-0.39, 0.29) is 18.5 Å². The molecule has 0 saturated heterocycles. The van der Waals surface area contributed by atoms with Gasteiger partial charge in [0.2, 0.25) is 0 Å². The van der Waals surface area contributed by atoms with E-state index < -0.39 is 34.0 Å². The van der Waals surface area contributed by atoms with Crippen molar-refractivity contribution in [2.75, 3.05) is 6.54 Å². The number of aliphatic hydroxyl groups is 2. The molecule has 0 heterocycles. The van der Waals surface area contributed by atoms with Crippen LogP contribution in [0.3, 0.4) is 0 Å². The van der Waals surface area contributed by atoms with Gasteiger partial charge in [-0.15, -0.1) is 0 Å². The van der Waals surface area contributed by atoms with Crippen molar-refractivity contribution in [2.45, 2.75) is 24.8 Å². The summed E-state index contributed by atoms with van der Waals surface area (Å²) in [4.78, 5) is 2.47. The molecule has 0 aliphatic heterocycles. The molecule has 21 heavy (non-hydrogen) atoms. The second-order valence-electron chi connectivity index (χ2n) is 4.11. The summed E-state index contributed by atoms with van der Waals surface area (Å²) in [6.45, 7) is -0.0927. The molecule has 0 fully saturated rings. The molecule has 116 valence electrons. The number of rotatable bonds is 5. The lowest BCUT2D eigenvalue weighted by Gasteiger charge is -2.21. The second-order valence-corrected chi connectivity index (χ2v) is 4.92. The van der Waals surface area contributed by atoms with Gasteiger partial charge in [0, 0.05) is 27.1 Å². The van der Waals surface area contributed by atoms with Gasteiger partial charge in [-0.05, 0) is 24.1 Å². The lowest BCUT2D eigenvalue weighted by molar-refractivity contribution is -0.137. The Morgan fingerprint density at radius 2 is 1.76 bits per heavy atom. The maximum absolute atomic E-state index is 12.6. The van der Waals surface area contributed by atoms with Crippen LogP contribution in [0.5, 0.6) is 0 Å². The van der Waals surface area contributed by atoms with Crippen molar-refractivity contribution in [3.63, 3.8) is 0 Å². The average Bonchev–Trinajstić information content (AvgIpc) is 2.36. The van der Waals surface area contributed by atoms with E-state index >= 15 is 0 Å². The van der Waals surface area contributed by atoms with Gasteiger partial charge in [-0.2, -0.15) is 13.2 Å². The Morgan fingerprint density at radius 3 is 2.19 bits per heavy atom. The Balaban J connectivity index is 3.05. The Bertz CT molecular complexity index is 539. The number of nitrogens with zero attached hydrogens (tertiary/aromatic N) is 3. The highest BCUT2D eigenvalue weighted by Crippen LogP contribution is 2.39. The zero-order valence-corrected chi connectivity index (χ0v) is 11.9. The molecular formula is C11H10Cl2F3N3O2. The fourth-order valence-corrected chi connectivity index (χ4v) is 2.33. The van der Waals surface area contributed by atoms with Gasteiger partial charge in [-0.25, -0.2) is 0 Å². The van der Waals surface area contributed by atoms with Crippen LogP contribution in [-0.4, -0.2) is 22.9 Å². The molecule has 0 aromatic heterocycles. The minimum Gasteiger partial charge on any atom is -0.390 e. The first-order valence-corrected chi connectivity index (χ1v) is 6.37. The van der Waals surface area contributed by atoms with Crippen LogP contribution in [0.2, 0.25) is 10.0 Å². The average molecular weight is 344 g/mol. The number of azide groups is 1. The number of aliphatic hydroxyl groups excluding tert-OH is 2. The van der Waals surface area contributed by atoms with Crippen LogP contribution in [0, 0.1) is 0 Å². The Morgan fingerprint density at radius 1 is 1.24 bits per heavy atom. The van der Waals surface area contributed by atoms with Gasteiger partial charge < -0.3 is 10.2 Å². The number of hydrogen-bond acceptors (Lipinski definition) is 3. The summed E-state index contributed by atoms with van der Waals surface area (Å²) in [7, 11) is 0. The highest BCUT2D eigenvalue weighted by atomic mass is 35.5. The Labute approximate surface area is 127 Å². The van der Waals surface area contributed by atoms with E-state index in [1.165, 1.54) is 0 Å². The normalized spacial score (nSPS) is 14.4. The van der Waals surface area contributed by atoms with Gasteiger partial charge in [-0.3, -0.25) is 0 Å². The molecule has 2 atom stereocenters. The van der Waals surface area contributed by atoms with E-state index in [0.29, 0.717) is 12.1 Å². The lowest BCUT2D eigenvalue weighted by Crippen LogP contribution is -2.20. The molecule has 10 heteroatoms. The van der Waals surface area contributed by atoms with Gasteiger partial charge in [0.25, 0.3) is 0 Å². The zero-order chi connectivity index (χ0) is 16.2. The molecule has 0 aliphatic rings. The minimum absolute atomic E-state index is 0.0927. The standard InChI is InChI=1S/C11H10Cl2F3N3O2/c12-6-3-5(11(14,15)16)4-7(13)9(6)10(21)8(20)1-2-18-19-17/h3-4,8,10,20-21H,1-2H2. The van der Waals surface area contributed by atoms with E-state index in [2.05, 4.69) is 10.0 Å². The van der Waals surface area contributed by atoms with Gasteiger partial charge in [-0.1, -0.05) is 28.3 Å². The van der Waals surface area contributed by atoms with Gasteiger partial charge in [0.1, 0.15) is 6.10 Å². The van der Waals surface area contributed by atoms with Crippen molar-refractivity contribution in [1.29, 1.82) is 0 Å². The first-order valence-electron chi connectivity index (χ1n) is 5.61. The summed E-state index contributed by atoms with van der Waals surface area (Å²) < 4.78 is 37.7. The van der Waals surface area contributed by atoms with Crippen LogP contribution < -0.4 is 0 Å². The predicted molar refractivity (Wildman–Crippen MR) is 71.1 cm³/mol. The van der Waals surface area contributed by atoms with E-state index in [9.17, 15) is 23.4 Å². The molecule has 1 aromatic carbocycles. The maximum Gasteiger partial charge on any atom is 0.416 e. The van der Waals surface area contributed by atoms with Crippen LogP contribution in [0.1, 0.15) is 23.7 Å². The van der Waals surface area contributed by atoms with Crippen LogP contribution in [0.25, 0.3) is 10.4 Å². The molecule has 1 rings (SSSR count). The van der Waals surface area contributed by atoms with Crippen molar-refractivity contribution in [2.24, 2.45) is 5.11 Å². The van der Waals surface area contributed by atoms with Gasteiger partial charge in [0.15, 0.2) is 0 Å². The maximum atomic E-state index is 12.6. The highest BCUT2D eigenvalue weighted by molar-refractivity contribution is 6.36. The van der Waals surface area contributed by atoms with Crippen LogP contribution in [0.4, 0.5) is 13.2 Å². The zero-order valence-electron chi connectivity index (χ0n) is 10.3. The third kappa shape index (κ3) is 4.66. The first-order chi connectivity index (χ1) is 9.68.